The number of hydrogen-bond acceptors (Lipinski definition) is 3. The summed E-state index contributed by atoms with van der Waals surface area (Å²) in [6.07, 6.45) is 0. The second-order valence-corrected chi connectivity index (χ2v) is 4.85. The van der Waals surface area contributed by atoms with Crippen LogP contribution in [0.15, 0.2) is 42.5 Å². The van der Waals surface area contributed by atoms with Crippen LogP contribution in [0.4, 0.5) is 4.39 Å². The normalized spacial score (nSPS) is 12.0. The van der Waals surface area contributed by atoms with Gasteiger partial charge in [0, 0.05) is 18.1 Å². The molecular formula is C17H19FO3. The van der Waals surface area contributed by atoms with Gasteiger partial charge in [0.05, 0.1) is 7.11 Å². The maximum atomic E-state index is 14.5. The van der Waals surface area contributed by atoms with Crippen molar-refractivity contribution in [1.29, 1.82) is 0 Å². The molecule has 2 aromatic rings. The van der Waals surface area contributed by atoms with Gasteiger partial charge in [-0.3, -0.25) is 0 Å². The maximum absolute atomic E-state index is 14.5. The van der Waals surface area contributed by atoms with Gasteiger partial charge < -0.3 is 14.6 Å². The Morgan fingerprint density at radius 1 is 1.10 bits per heavy atom. The molecule has 0 spiro atoms. The van der Waals surface area contributed by atoms with Gasteiger partial charge in [-0.15, -0.1) is 0 Å². The van der Waals surface area contributed by atoms with E-state index in [0.29, 0.717) is 11.3 Å². The number of aliphatic hydroxyl groups is 1. The number of hydrogen-bond donors (Lipinski definition) is 1. The molecular weight excluding hydrogens is 271 g/mol. The van der Waals surface area contributed by atoms with Crippen LogP contribution in [0.5, 0.6) is 11.5 Å². The van der Waals surface area contributed by atoms with Crippen LogP contribution in [0, 0.1) is 5.82 Å². The van der Waals surface area contributed by atoms with E-state index in [1.807, 2.05) is 30.3 Å². The minimum Gasteiger partial charge on any atom is -0.496 e. The van der Waals surface area contributed by atoms with Gasteiger partial charge in [-0.25, -0.2) is 4.39 Å². The third kappa shape index (κ3) is 3.52. The summed E-state index contributed by atoms with van der Waals surface area (Å²) in [5.74, 6) is -0.261. The molecule has 0 heterocycles. The molecule has 1 unspecified atom stereocenters. The summed E-state index contributed by atoms with van der Waals surface area (Å²) in [6.45, 7) is 1.87. The molecule has 3 nitrogen and oxygen atoms in total. The predicted octanol–water partition coefficient (Wildman–Crippen LogP) is 3.51. The molecule has 0 aliphatic carbocycles. The van der Waals surface area contributed by atoms with E-state index in [2.05, 4.69) is 0 Å². The number of ether oxygens (including phenoxy) is 2. The Bertz CT molecular complexity index is 584. The Balaban J connectivity index is 2.24. The summed E-state index contributed by atoms with van der Waals surface area (Å²) in [5.41, 5.74) is 1.30. The minimum absolute atomic E-state index is 0.157. The number of methoxy groups -OCH3 is 1. The van der Waals surface area contributed by atoms with E-state index in [4.69, 9.17) is 9.47 Å². The van der Waals surface area contributed by atoms with E-state index in [1.165, 1.54) is 7.11 Å². The first-order valence-electron chi connectivity index (χ1n) is 6.81. The SMILES string of the molecule is COc1ccc(OCc2ccccc2)c(F)c1C(C)CO. The van der Waals surface area contributed by atoms with Crippen LogP contribution in [0.1, 0.15) is 24.0 Å². The fourth-order valence-electron chi connectivity index (χ4n) is 2.13. The van der Waals surface area contributed by atoms with Gasteiger partial charge in [0.1, 0.15) is 12.4 Å². The van der Waals surface area contributed by atoms with E-state index in [1.54, 1.807) is 19.1 Å². The lowest BCUT2D eigenvalue weighted by atomic mass is 10.00. The largest absolute Gasteiger partial charge is 0.496 e. The first-order chi connectivity index (χ1) is 10.2. The molecule has 0 saturated carbocycles. The second-order valence-electron chi connectivity index (χ2n) is 4.85. The zero-order chi connectivity index (χ0) is 15.2. The van der Waals surface area contributed by atoms with Crippen molar-refractivity contribution in [2.75, 3.05) is 13.7 Å². The molecule has 0 radical (unpaired) electrons. The topological polar surface area (TPSA) is 38.7 Å². The lowest BCUT2D eigenvalue weighted by molar-refractivity contribution is 0.260. The molecule has 0 fully saturated rings. The predicted molar refractivity (Wildman–Crippen MR) is 79.2 cm³/mol. The molecule has 112 valence electrons. The van der Waals surface area contributed by atoms with Crippen LogP contribution >= 0.6 is 0 Å². The molecule has 0 aliphatic rings. The smallest absolute Gasteiger partial charge is 0.172 e. The molecule has 4 heteroatoms. The highest BCUT2D eigenvalue weighted by atomic mass is 19.1. The van der Waals surface area contributed by atoms with Gasteiger partial charge in [0.15, 0.2) is 11.6 Å². The molecule has 0 aliphatic heterocycles. The summed E-state index contributed by atoms with van der Waals surface area (Å²) < 4.78 is 25.2. The van der Waals surface area contributed by atoms with Gasteiger partial charge in [0.2, 0.25) is 0 Å². The van der Waals surface area contributed by atoms with E-state index in [-0.39, 0.29) is 24.9 Å². The Morgan fingerprint density at radius 2 is 1.76 bits per heavy atom. The first kappa shape index (κ1) is 15.3. The van der Waals surface area contributed by atoms with Crippen LogP contribution in [-0.2, 0) is 6.61 Å². The summed E-state index contributed by atoms with van der Waals surface area (Å²) in [4.78, 5) is 0. The summed E-state index contributed by atoms with van der Waals surface area (Å²) in [7, 11) is 1.48. The van der Waals surface area contributed by atoms with Gasteiger partial charge in [-0.1, -0.05) is 37.3 Å². The van der Waals surface area contributed by atoms with Crippen LogP contribution in [0.3, 0.4) is 0 Å². The van der Waals surface area contributed by atoms with Crippen molar-refractivity contribution < 1.29 is 19.0 Å². The van der Waals surface area contributed by atoms with Crippen molar-refractivity contribution >= 4 is 0 Å². The lowest BCUT2D eigenvalue weighted by Gasteiger charge is -2.17. The van der Waals surface area contributed by atoms with Crippen LogP contribution in [-0.4, -0.2) is 18.8 Å². The average molecular weight is 290 g/mol. The van der Waals surface area contributed by atoms with E-state index >= 15 is 0 Å². The molecule has 0 bridgehead atoms. The Kier molecular flexibility index (Phi) is 5.17. The Labute approximate surface area is 124 Å². The highest BCUT2D eigenvalue weighted by Crippen LogP contribution is 2.34. The third-order valence-corrected chi connectivity index (χ3v) is 3.33. The van der Waals surface area contributed by atoms with E-state index in [0.717, 1.165) is 5.56 Å². The first-order valence-corrected chi connectivity index (χ1v) is 6.81. The monoisotopic (exact) mass is 290 g/mol. The van der Waals surface area contributed by atoms with Crippen molar-refractivity contribution in [1.82, 2.24) is 0 Å². The molecule has 0 amide bonds. The molecule has 2 rings (SSSR count). The quantitative estimate of drug-likeness (QED) is 0.885. The van der Waals surface area contributed by atoms with E-state index < -0.39 is 5.82 Å². The minimum atomic E-state index is -0.480. The van der Waals surface area contributed by atoms with Crippen LogP contribution < -0.4 is 9.47 Å². The van der Waals surface area contributed by atoms with Crippen molar-refractivity contribution in [3.05, 3.63) is 59.4 Å². The van der Waals surface area contributed by atoms with Gasteiger partial charge in [-0.2, -0.15) is 0 Å². The van der Waals surface area contributed by atoms with Gasteiger partial charge >= 0.3 is 0 Å². The third-order valence-electron chi connectivity index (χ3n) is 3.33. The molecule has 0 saturated heterocycles. The highest BCUT2D eigenvalue weighted by molar-refractivity contribution is 5.44. The Morgan fingerprint density at radius 3 is 2.38 bits per heavy atom. The van der Waals surface area contributed by atoms with Crippen molar-refractivity contribution in [2.45, 2.75) is 19.4 Å². The Hall–Kier alpha value is -2.07. The zero-order valence-corrected chi connectivity index (χ0v) is 12.2. The molecule has 1 atom stereocenters. The standard InChI is InChI=1S/C17H19FO3/c1-12(10-19)16-14(20-2)8-9-15(17(16)18)21-11-13-6-4-3-5-7-13/h3-9,12,19H,10-11H2,1-2H3. The molecule has 0 aromatic heterocycles. The van der Waals surface area contributed by atoms with Crippen LogP contribution in [0.25, 0.3) is 0 Å². The molecule has 1 N–H and O–H groups in total. The lowest BCUT2D eigenvalue weighted by Crippen LogP contribution is -2.07. The van der Waals surface area contributed by atoms with Gasteiger partial charge in [0.25, 0.3) is 0 Å². The molecule has 21 heavy (non-hydrogen) atoms. The van der Waals surface area contributed by atoms with Gasteiger partial charge in [-0.05, 0) is 17.7 Å². The average Bonchev–Trinajstić information content (AvgIpc) is 2.53. The van der Waals surface area contributed by atoms with Crippen LogP contribution in [0.2, 0.25) is 0 Å². The fourth-order valence-corrected chi connectivity index (χ4v) is 2.13. The fraction of sp³-hybridized carbons (Fsp3) is 0.294. The van der Waals surface area contributed by atoms with E-state index in [9.17, 15) is 9.50 Å². The highest BCUT2D eigenvalue weighted by Gasteiger charge is 2.20. The summed E-state index contributed by atoms with van der Waals surface area (Å²) in [6, 6.07) is 12.8. The number of aliphatic hydroxyl groups excluding tert-OH is 1. The maximum Gasteiger partial charge on any atom is 0.172 e. The number of benzene rings is 2. The van der Waals surface area contributed by atoms with Crippen molar-refractivity contribution in [3.8, 4) is 11.5 Å². The van der Waals surface area contributed by atoms with Crippen molar-refractivity contribution in [3.63, 3.8) is 0 Å². The summed E-state index contributed by atoms with van der Waals surface area (Å²) in [5, 5.41) is 9.27. The van der Waals surface area contributed by atoms with Crippen molar-refractivity contribution in [2.24, 2.45) is 0 Å². The zero-order valence-electron chi connectivity index (χ0n) is 12.2. The summed E-state index contributed by atoms with van der Waals surface area (Å²) >= 11 is 0. The number of halogens is 1. The number of rotatable bonds is 6. The molecule has 2 aromatic carbocycles. The second kappa shape index (κ2) is 7.09.